The van der Waals surface area contributed by atoms with Crippen LogP contribution in [-0.4, -0.2) is 30.3 Å². The van der Waals surface area contributed by atoms with E-state index in [1.807, 2.05) is 0 Å². The minimum atomic E-state index is -0.507. The van der Waals surface area contributed by atoms with Crippen LogP contribution in [0.15, 0.2) is 6.20 Å². The molecule has 0 saturated heterocycles. The van der Waals surface area contributed by atoms with Crippen molar-refractivity contribution in [1.82, 2.24) is 4.98 Å². The highest BCUT2D eigenvalue weighted by Gasteiger charge is 2.17. The lowest BCUT2D eigenvalue weighted by Crippen LogP contribution is -2.08. The first kappa shape index (κ1) is 11.5. The molecule has 0 saturated carbocycles. The Morgan fingerprint density at radius 3 is 2.67 bits per heavy atom. The fourth-order valence-electron chi connectivity index (χ4n) is 1.31. The van der Waals surface area contributed by atoms with Crippen LogP contribution in [0.3, 0.4) is 0 Å². The molecule has 0 radical (unpaired) electrons. The Kier molecular flexibility index (Phi) is 3.62. The highest BCUT2D eigenvalue weighted by molar-refractivity contribution is 5.92. The van der Waals surface area contributed by atoms with E-state index in [4.69, 9.17) is 9.84 Å². The molecular weight excluding hydrogens is 198 g/mol. The van der Waals surface area contributed by atoms with Crippen LogP contribution in [0.5, 0.6) is 5.75 Å². The maximum Gasteiger partial charge on any atom is 0.343 e. The molecule has 0 spiro atoms. The largest absolute Gasteiger partial charge is 0.495 e. The molecule has 5 heteroatoms. The van der Waals surface area contributed by atoms with Gasteiger partial charge in [-0.25, -0.2) is 4.79 Å². The third-order valence-electron chi connectivity index (χ3n) is 2.13. The molecule has 0 unspecified atom stereocenters. The smallest absolute Gasteiger partial charge is 0.343 e. The summed E-state index contributed by atoms with van der Waals surface area (Å²) in [5.41, 5.74) is 1.39. The number of aliphatic hydroxyl groups is 1. The van der Waals surface area contributed by atoms with Crippen LogP contribution in [0.1, 0.15) is 21.6 Å². The Bertz CT molecular complexity index is 376. The van der Waals surface area contributed by atoms with E-state index in [0.29, 0.717) is 17.0 Å². The summed E-state index contributed by atoms with van der Waals surface area (Å²) in [6.45, 7) is 1.54. The second-order valence-electron chi connectivity index (χ2n) is 2.93. The Morgan fingerprint density at radius 1 is 1.53 bits per heavy atom. The number of hydrogen-bond donors (Lipinski definition) is 1. The van der Waals surface area contributed by atoms with Gasteiger partial charge in [0, 0.05) is 11.8 Å². The number of ether oxygens (including phenoxy) is 2. The number of nitrogens with zero attached hydrogens (tertiary/aromatic N) is 1. The predicted molar refractivity (Wildman–Crippen MR) is 52.8 cm³/mol. The predicted octanol–water partition coefficient (Wildman–Crippen LogP) is 0.678. The van der Waals surface area contributed by atoms with Crippen LogP contribution in [0.2, 0.25) is 0 Å². The Labute approximate surface area is 87.7 Å². The first-order chi connectivity index (χ1) is 7.15. The van der Waals surface area contributed by atoms with Gasteiger partial charge in [0.05, 0.1) is 26.5 Å². The maximum absolute atomic E-state index is 11.3. The molecule has 82 valence electrons. The zero-order valence-corrected chi connectivity index (χ0v) is 8.90. The Morgan fingerprint density at radius 2 is 2.20 bits per heavy atom. The van der Waals surface area contributed by atoms with Gasteiger partial charge >= 0.3 is 5.97 Å². The third kappa shape index (κ3) is 2.07. The van der Waals surface area contributed by atoms with Gasteiger partial charge in [-0.3, -0.25) is 4.98 Å². The van der Waals surface area contributed by atoms with Gasteiger partial charge in [-0.15, -0.1) is 0 Å². The van der Waals surface area contributed by atoms with E-state index in [1.54, 1.807) is 6.92 Å². The lowest BCUT2D eigenvalue weighted by atomic mass is 10.1. The summed E-state index contributed by atoms with van der Waals surface area (Å²) in [6, 6.07) is 0. The first-order valence-corrected chi connectivity index (χ1v) is 4.37. The summed E-state index contributed by atoms with van der Waals surface area (Å²) in [7, 11) is 2.74. The molecule has 1 aromatic heterocycles. The van der Waals surface area contributed by atoms with Crippen molar-refractivity contribution < 1.29 is 19.4 Å². The Balaban J connectivity index is 3.30. The fourth-order valence-corrected chi connectivity index (χ4v) is 1.31. The van der Waals surface area contributed by atoms with Crippen LogP contribution >= 0.6 is 0 Å². The van der Waals surface area contributed by atoms with Gasteiger partial charge in [-0.05, 0) is 6.92 Å². The van der Waals surface area contributed by atoms with E-state index in [1.165, 1.54) is 20.4 Å². The number of aromatic nitrogens is 1. The van der Waals surface area contributed by atoms with E-state index in [9.17, 15) is 4.79 Å². The van der Waals surface area contributed by atoms with Crippen molar-refractivity contribution in [2.75, 3.05) is 14.2 Å². The van der Waals surface area contributed by atoms with Gasteiger partial charge in [-0.1, -0.05) is 0 Å². The monoisotopic (exact) mass is 211 g/mol. The van der Waals surface area contributed by atoms with Gasteiger partial charge < -0.3 is 14.6 Å². The van der Waals surface area contributed by atoms with Crippen LogP contribution < -0.4 is 4.74 Å². The van der Waals surface area contributed by atoms with Crippen molar-refractivity contribution in [2.45, 2.75) is 13.5 Å². The lowest BCUT2D eigenvalue weighted by molar-refractivity contribution is 0.0596. The molecule has 15 heavy (non-hydrogen) atoms. The number of pyridine rings is 1. The first-order valence-electron chi connectivity index (χ1n) is 4.37. The maximum atomic E-state index is 11.3. The van der Waals surface area contributed by atoms with Gasteiger partial charge in [-0.2, -0.15) is 0 Å². The van der Waals surface area contributed by atoms with Crippen LogP contribution in [0, 0.1) is 6.92 Å². The van der Waals surface area contributed by atoms with Crippen molar-refractivity contribution >= 4 is 5.97 Å². The van der Waals surface area contributed by atoms with E-state index in [0.717, 1.165) is 0 Å². The molecule has 0 fully saturated rings. The van der Waals surface area contributed by atoms with E-state index < -0.39 is 5.97 Å². The number of methoxy groups -OCH3 is 2. The average Bonchev–Trinajstić information content (AvgIpc) is 2.27. The summed E-state index contributed by atoms with van der Waals surface area (Å²) >= 11 is 0. The van der Waals surface area contributed by atoms with Gasteiger partial charge in [0.1, 0.15) is 11.3 Å². The number of carbonyl (C=O) groups excluding carboxylic acids is 1. The summed E-state index contributed by atoms with van der Waals surface area (Å²) in [4.78, 5) is 15.3. The van der Waals surface area contributed by atoms with Crippen molar-refractivity contribution in [3.8, 4) is 5.75 Å². The number of carbonyl (C=O) groups is 1. The minimum Gasteiger partial charge on any atom is -0.495 e. The summed E-state index contributed by atoms with van der Waals surface area (Å²) in [6.07, 6.45) is 1.34. The van der Waals surface area contributed by atoms with Gasteiger partial charge in [0.2, 0.25) is 0 Å². The van der Waals surface area contributed by atoms with E-state index >= 15 is 0 Å². The molecule has 5 nitrogen and oxygen atoms in total. The molecule has 0 aliphatic carbocycles. The molecule has 0 aliphatic heterocycles. The van der Waals surface area contributed by atoms with Gasteiger partial charge in [0.15, 0.2) is 0 Å². The zero-order chi connectivity index (χ0) is 11.4. The third-order valence-corrected chi connectivity index (χ3v) is 2.13. The molecule has 1 rings (SSSR count). The number of aliphatic hydroxyl groups excluding tert-OH is 1. The molecule has 1 aromatic rings. The zero-order valence-electron chi connectivity index (χ0n) is 8.90. The summed E-state index contributed by atoms with van der Waals surface area (Å²) < 4.78 is 9.68. The summed E-state index contributed by atoms with van der Waals surface area (Å²) in [5, 5.41) is 8.99. The molecule has 0 aliphatic rings. The molecule has 1 heterocycles. The topological polar surface area (TPSA) is 68.7 Å². The molecule has 0 aromatic carbocycles. The van der Waals surface area contributed by atoms with Crippen molar-refractivity contribution in [1.29, 1.82) is 0 Å². The highest BCUT2D eigenvalue weighted by atomic mass is 16.5. The van der Waals surface area contributed by atoms with Crippen molar-refractivity contribution in [2.24, 2.45) is 0 Å². The summed E-state index contributed by atoms with van der Waals surface area (Å²) in [5.74, 6) is -0.118. The number of hydrogen-bond acceptors (Lipinski definition) is 5. The molecule has 0 bridgehead atoms. The SMILES string of the molecule is COC(=O)c1cnc(CO)c(C)c1OC. The average molecular weight is 211 g/mol. The highest BCUT2D eigenvalue weighted by Crippen LogP contribution is 2.25. The second-order valence-corrected chi connectivity index (χ2v) is 2.93. The molecule has 0 atom stereocenters. The van der Waals surface area contributed by atoms with E-state index in [-0.39, 0.29) is 12.2 Å². The van der Waals surface area contributed by atoms with Crippen LogP contribution in [0.25, 0.3) is 0 Å². The lowest BCUT2D eigenvalue weighted by Gasteiger charge is -2.11. The molecule has 1 N–H and O–H groups in total. The number of rotatable bonds is 3. The standard InChI is InChI=1S/C10H13NO4/c1-6-8(5-12)11-4-7(9(6)14-2)10(13)15-3/h4,12H,5H2,1-3H3. The Hall–Kier alpha value is -1.62. The normalized spacial score (nSPS) is 9.87. The van der Waals surface area contributed by atoms with Crippen molar-refractivity contribution in [3.05, 3.63) is 23.0 Å². The minimum absolute atomic E-state index is 0.191. The molecule has 0 amide bonds. The molecular formula is C10H13NO4. The van der Waals surface area contributed by atoms with Gasteiger partial charge in [0.25, 0.3) is 0 Å². The van der Waals surface area contributed by atoms with E-state index in [2.05, 4.69) is 9.72 Å². The van der Waals surface area contributed by atoms with Crippen LogP contribution in [-0.2, 0) is 11.3 Å². The second kappa shape index (κ2) is 4.75. The quantitative estimate of drug-likeness (QED) is 0.744. The van der Waals surface area contributed by atoms with Crippen molar-refractivity contribution in [3.63, 3.8) is 0 Å². The van der Waals surface area contributed by atoms with Crippen LogP contribution in [0.4, 0.5) is 0 Å². The number of esters is 1. The fraction of sp³-hybridized carbons (Fsp3) is 0.400.